The number of nitrogens with one attached hydrogen (secondary N) is 1. The Bertz CT molecular complexity index is 754. The summed E-state index contributed by atoms with van der Waals surface area (Å²) in [6, 6.07) is 6.89. The Morgan fingerprint density at radius 2 is 2.05 bits per heavy atom. The summed E-state index contributed by atoms with van der Waals surface area (Å²) in [6.07, 6.45) is 0.718. The smallest absolute Gasteiger partial charge is 0.265 e. The summed E-state index contributed by atoms with van der Waals surface area (Å²) < 4.78 is 33.8. The predicted octanol–water partition coefficient (Wildman–Crippen LogP) is 3.17. The van der Waals surface area contributed by atoms with Crippen LogP contribution in [0.3, 0.4) is 0 Å². The van der Waals surface area contributed by atoms with Crippen LogP contribution in [0.15, 0.2) is 38.1 Å². The van der Waals surface area contributed by atoms with Crippen molar-refractivity contribution >= 4 is 31.6 Å². The molecular formula is C14H17BrN2O3S. The van der Waals surface area contributed by atoms with Gasteiger partial charge in [-0.15, -0.1) is 0 Å². The molecule has 21 heavy (non-hydrogen) atoms. The number of nitrogens with two attached hydrogens (primary N) is 1. The van der Waals surface area contributed by atoms with Crippen LogP contribution >= 0.6 is 15.9 Å². The average Bonchev–Trinajstić information content (AvgIpc) is 2.82. The highest BCUT2D eigenvalue weighted by molar-refractivity contribution is 9.10. The second-order valence-corrected chi connectivity index (χ2v) is 7.16. The largest absolute Gasteiger partial charge is 0.464 e. The fraction of sp³-hybridized carbons (Fsp3) is 0.286. The zero-order valence-corrected chi connectivity index (χ0v) is 14.2. The van der Waals surface area contributed by atoms with Gasteiger partial charge in [-0.05, 0) is 37.1 Å². The zero-order valence-electron chi connectivity index (χ0n) is 11.8. The zero-order chi connectivity index (χ0) is 15.6. The van der Waals surface area contributed by atoms with E-state index in [1.54, 1.807) is 19.1 Å². The molecular weight excluding hydrogens is 356 g/mol. The van der Waals surface area contributed by atoms with Gasteiger partial charge in [0, 0.05) is 10.5 Å². The van der Waals surface area contributed by atoms with Gasteiger partial charge < -0.3 is 10.2 Å². The molecule has 2 aromatic rings. The molecule has 0 radical (unpaired) electrons. The first-order valence-electron chi connectivity index (χ1n) is 6.48. The van der Waals surface area contributed by atoms with Crippen LogP contribution in [0, 0.1) is 6.92 Å². The normalized spacial score (nSPS) is 11.6. The lowest BCUT2D eigenvalue weighted by atomic mass is 10.1. The van der Waals surface area contributed by atoms with Crippen molar-refractivity contribution in [2.24, 2.45) is 5.73 Å². The molecule has 0 aliphatic rings. The van der Waals surface area contributed by atoms with Crippen molar-refractivity contribution in [3.8, 4) is 0 Å². The van der Waals surface area contributed by atoms with Crippen LogP contribution in [0.25, 0.3) is 0 Å². The number of hydrogen-bond donors (Lipinski definition) is 2. The van der Waals surface area contributed by atoms with E-state index in [4.69, 9.17) is 10.2 Å². The molecule has 0 saturated carbocycles. The maximum absolute atomic E-state index is 12.5. The highest BCUT2D eigenvalue weighted by atomic mass is 79.9. The first-order chi connectivity index (χ1) is 9.87. The summed E-state index contributed by atoms with van der Waals surface area (Å²) in [5.41, 5.74) is 6.95. The van der Waals surface area contributed by atoms with E-state index >= 15 is 0 Å². The highest BCUT2D eigenvalue weighted by Gasteiger charge is 2.22. The Balaban J connectivity index is 2.39. The topological polar surface area (TPSA) is 85.3 Å². The number of aryl methyl sites for hydroxylation is 2. The molecule has 3 N–H and O–H groups in total. The molecule has 2 rings (SSSR count). The third kappa shape index (κ3) is 3.48. The van der Waals surface area contributed by atoms with Crippen LogP contribution in [-0.4, -0.2) is 8.42 Å². The number of benzene rings is 1. The standard InChI is InChI=1S/C14H17BrN2O3S/c1-3-10-6-11(15)4-5-13(10)17-21(18,19)14-7-12(8-16)20-9(14)2/h4-7,17H,3,8,16H2,1-2H3. The van der Waals surface area contributed by atoms with Crippen LogP contribution in [0.2, 0.25) is 0 Å². The van der Waals surface area contributed by atoms with Gasteiger partial charge in [0.15, 0.2) is 0 Å². The molecule has 0 aliphatic heterocycles. The van der Waals surface area contributed by atoms with Gasteiger partial charge in [0.25, 0.3) is 10.0 Å². The molecule has 0 saturated heterocycles. The molecule has 7 heteroatoms. The lowest BCUT2D eigenvalue weighted by Crippen LogP contribution is -2.14. The average molecular weight is 373 g/mol. The number of halogens is 1. The molecule has 0 bridgehead atoms. The number of furan rings is 1. The lowest BCUT2D eigenvalue weighted by molar-refractivity contribution is 0.479. The molecule has 0 atom stereocenters. The van der Waals surface area contributed by atoms with Crippen LogP contribution < -0.4 is 10.5 Å². The van der Waals surface area contributed by atoms with E-state index in [1.165, 1.54) is 6.07 Å². The van der Waals surface area contributed by atoms with Crippen LogP contribution in [0.5, 0.6) is 0 Å². The van der Waals surface area contributed by atoms with Crippen molar-refractivity contribution in [3.05, 3.63) is 45.8 Å². The number of rotatable bonds is 5. The van der Waals surface area contributed by atoms with E-state index in [9.17, 15) is 8.42 Å². The van der Waals surface area contributed by atoms with Crippen molar-refractivity contribution in [1.82, 2.24) is 0 Å². The van der Waals surface area contributed by atoms with Gasteiger partial charge in [-0.1, -0.05) is 22.9 Å². The van der Waals surface area contributed by atoms with E-state index in [1.807, 2.05) is 13.0 Å². The van der Waals surface area contributed by atoms with E-state index < -0.39 is 10.0 Å². The van der Waals surface area contributed by atoms with Gasteiger partial charge in [-0.3, -0.25) is 4.72 Å². The Morgan fingerprint density at radius 1 is 1.33 bits per heavy atom. The fourth-order valence-electron chi connectivity index (χ4n) is 2.05. The number of hydrogen-bond acceptors (Lipinski definition) is 4. The molecule has 0 spiro atoms. The Hall–Kier alpha value is -1.31. The SMILES string of the molecule is CCc1cc(Br)ccc1NS(=O)(=O)c1cc(CN)oc1C. The van der Waals surface area contributed by atoms with Crippen molar-refractivity contribution in [3.63, 3.8) is 0 Å². The van der Waals surface area contributed by atoms with Crippen LogP contribution in [-0.2, 0) is 23.0 Å². The molecule has 0 fully saturated rings. The first-order valence-corrected chi connectivity index (χ1v) is 8.75. The molecule has 1 heterocycles. The third-order valence-corrected chi connectivity index (χ3v) is 5.07. The quantitative estimate of drug-likeness (QED) is 0.843. The predicted molar refractivity (Wildman–Crippen MR) is 85.7 cm³/mol. The molecule has 114 valence electrons. The van der Waals surface area contributed by atoms with E-state index in [0.29, 0.717) is 17.2 Å². The summed E-state index contributed by atoms with van der Waals surface area (Å²) in [5, 5.41) is 0. The lowest BCUT2D eigenvalue weighted by Gasteiger charge is -2.11. The van der Waals surface area contributed by atoms with E-state index in [0.717, 1.165) is 16.5 Å². The summed E-state index contributed by atoms with van der Waals surface area (Å²) in [4.78, 5) is 0.118. The second kappa shape index (κ2) is 6.21. The minimum Gasteiger partial charge on any atom is -0.464 e. The summed E-state index contributed by atoms with van der Waals surface area (Å²) in [5.74, 6) is 0.775. The molecule has 0 amide bonds. The maximum Gasteiger partial charge on any atom is 0.265 e. The number of anilines is 1. The summed E-state index contributed by atoms with van der Waals surface area (Å²) in [6.45, 7) is 3.74. The third-order valence-electron chi connectivity index (χ3n) is 3.11. The van der Waals surface area contributed by atoms with Gasteiger partial charge in [0.05, 0.1) is 12.2 Å². The maximum atomic E-state index is 12.5. The fourth-order valence-corrected chi connectivity index (χ4v) is 3.76. The van der Waals surface area contributed by atoms with Crippen molar-refractivity contribution in [2.45, 2.75) is 31.7 Å². The van der Waals surface area contributed by atoms with Gasteiger partial charge in [0.1, 0.15) is 16.4 Å². The Kier molecular flexibility index (Phi) is 4.75. The first kappa shape index (κ1) is 16.1. The van der Waals surface area contributed by atoms with E-state index in [2.05, 4.69) is 20.7 Å². The number of sulfonamides is 1. The molecule has 0 unspecified atom stereocenters. The van der Waals surface area contributed by atoms with Crippen LogP contribution in [0.1, 0.15) is 24.0 Å². The highest BCUT2D eigenvalue weighted by Crippen LogP contribution is 2.26. The summed E-state index contributed by atoms with van der Waals surface area (Å²) >= 11 is 3.38. The second-order valence-electron chi connectivity index (χ2n) is 4.60. The summed E-state index contributed by atoms with van der Waals surface area (Å²) in [7, 11) is -3.69. The monoisotopic (exact) mass is 372 g/mol. The van der Waals surface area contributed by atoms with Gasteiger partial charge in [-0.25, -0.2) is 8.42 Å². The van der Waals surface area contributed by atoms with Crippen LogP contribution in [0.4, 0.5) is 5.69 Å². The molecule has 1 aromatic heterocycles. The van der Waals surface area contributed by atoms with Gasteiger partial charge in [0.2, 0.25) is 0 Å². The van der Waals surface area contributed by atoms with E-state index in [-0.39, 0.29) is 11.4 Å². The Labute approximate surface area is 132 Å². The molecule has 0 aliphatic carbocycles. The minimum absolute atomic E-state index is 0.118. The van der Waals surface area contributed by atoms with Gasteiger partial charge in [-0.2, -0.15) is 0 Å². The minimum atomic E-state index is -3.69. The van der Waals surface area contributed by atoms with Gasteiger partial charge >= 0.3 is 0 Å². The molecule has 1 aromatic carbocycles. The van der Waals surface area contributed by atoms with Crippen molar-refractivity contribution < 1.29 is 12.8 Å². The van der Waals surface area contributed by atoms with Crippen molar-refractivity contribution in [2.75, 3.05) is 4.72 Å². The molecule has 5 nitrogen and oxygen atoms in total. The van der Waals surface area contributed by atoms with Crippen molar-refractivity contribution in [1.29, 1.82) is 0 Å². The Morgan fingerprint density at radius 3 is 2.62 bits per heavy atom.